The average Bonchev–Trinajstić information content (AvgIpc) is 3.51. The van der Waals surface area contributed by atoms with Crippen molar-refractivity contribution in [2.24, 2.45) is 4.99 Å². The molecule has 0 saturated carbocycles. The lowest BCUT2D eigenvalue weighted by Gasteiger charge is -2.15. The van der Waals surface area contributed by atoms with Gasteiger partial charge in [-0.25, -0.2) is 9.78 Å². The number of carbonyl (C=O) groups excluding carboxylic acids is 2. The zero-order valence-corrected chi connectivity index (χ0v) is 22.7. The van der Waals surface area contributed by atoms with E-state index < -0.39 is 17.4 Å². The Kier molecular flexibility index (Phi) is 7.55. The molecule has 0 aliphatic rings. The number of rotatable bonds is 8. The maximum absolute atomic E-state index is 13.7. The fourth-order valence-electron chi connectivity index (χ4n) is 4.43. The number of esters is 1. The average molecular weight is 559 g/mol. The molecule has 0 saturated heterocycles. The van der Waals surface area contributed by atoms with E-state index in [1.165, 1.54) is 54.8 Å². The van der Waals surface area contributed by atoms with E-state index in [9.17, 15) is 14.4 Å². The Hall–Kier alpha value is -5.39. The summed E-state index contributed by atoms with van der Waals surface area (Å²) in [6.45, 7) is 1.72. The van der Waals surface area contributed by atoms with E-state index in [-0.39, 0.29) is 52.3 Å². The second-order valence-electron chi connectivity index (χ2n) is 8.68. The van der Waals surface area contributed by atoms with Gasteiger partial charge in [-0.1, -0.05) is 6.07 Å². The molecule has 5 rings (SSSR count). The maximum Gasteiger partial charge on any atom is 0.341 e. The first-order valence-electron chi connectivity index (χ1n) is 12.5. The number of hydrogen-bond donors (Lipinski definition) is 0. The van der Waals surface area contributed by atoms with Crippen LogP contribution in [0.5, 0.6) is 17.2 Å². The van der Waals surface area contributed by atoms with Gasteiger partial charge in [0.1, 0.15) is 22.6 Å². The van der Waals surface area contributed by atoms with Crippen molar-refractivity contribution in [1.29, 1.82) is 0 Å². The lowest BCUT2D eigenvalue weighted by molar-refractivity contribution is 0.0523. The highest BCUT2D eigenvalue weighted by Gasteiger charge is 2.22. The molecule has 4 aromatic heterocycles. The summed E-state index contributed by atoms with van der Waals surface area (Å²) in [5.41, 5.74) is 0.0863. The van der Waals surface area contributed by atoms with Crippen LogP contribution in [0.4, 0.5) is 0 Å². The van der Waals surface area contributed by atoms with E-state index in [4.69, 9.17) is 23.4 Å². The third-order valence-electron chi connectivity index (χ3n) is 6.30. The van der Waals surface area contributed by atoms with Crippen LogP contribution in [0, 0.1) is 0 Å². The third kappa shape index (κ3) is 5.02. The highest BCUT2D eigenvalue weighted by Crippen LogP contribution is 2.38. The van der Waals surface area contributed by atoms with Crippen molar-refractivity contribution in [2.45, 2.75) is 13.5 Å². The Morgan fingerprint density at radius 1 is 1.00 bits per heavy atom. The SMILES string of the molecule is CCOC(=O)c1cc2c(=O)n3ccccc3nc2n(Cc2ccco2)c1=NC(=O)c1cc(OC)c(OC)c(OC)c1. The normalized spacial score (nSPS) is 11.6. The van der Waals surface area contributed by atoms with Crippen molar-refractivity contribution in [2.75, 3.05) is 27.9 Å². The zero-order chi connectivity index (χ0) is 29.1. The van der Waals surface area contributed by atoms with E-state index in [1.54, 1.807) is 43.5 Å². The van der Waals surface area contributed by atoms with Gasteiger partial charge >= 0.3 is 5.97 Å². The van der Waals surface area contributed by atoms with E-state index >= 15 is 0 Å². The van der Waals surface area contributed by atoms with Crippen molar-refractivity contribution in [1.82, 2.24) is 14.0 Å². The minimum Gasteiger partial charge on any atom is -0.493 e. The second kappa shape index (κ2) is 11.4. The first-order valence-corrected chi connectivity index (χ1v) is 12.5. The largest absolute Gasteiger partial charge is 0.493 e. The molecule has 0 radical (unpaired) electrons. The number of fused-ring (bicyclic) bond motifs is 2. The summed E-state index contributed by atoms with van der Waals surface area (Å²) in [6, 6.07) is 12.8. The van der Waals surface area contributed by atoms with E-state index in [0.29, 0.717) is 17.2 Å². The minimum absolute atomic E-state index is 0.00750. The second-order valence-corrected chi connectivity index (χ2v) is 8.68. The molecule has 4 heterocycles. The minimum atomic E-state index is -0.767. The molecule has 1 aromatic carbocycles. The van der Waals surface area contributed by atoms with E-state index in [1.807, 2.05) is 0 Å². The quantitative estimate of drug-likeness (QED) is 0.208. The maximum atomic E-state index is 13.7. The van der Waals surface area contributed by atoms with Crippen molar-refractivity contribution in [3.63, 3.8) is 0 Å². The van der Waals surface area contributed by atoms with Crippen LogP contribution in [0.1, 0.15) is 33.4 Å². The summed E-state index contributed by atoms with van der Waals surface area (Å²) in [6.07, 6.45) is 3.07. The van der Waals surface area contributed by atoms with Gasteiger partial charge in [0, 0.05) is 11.8 Å². The number of nitrogens with zero attached hydrogens (tertiary/aromatic N) is 4. The molecular weight excluding hydrogens is 532 g/mol. The molecule has 0 aliphatic carbocycles. The fourth-order valence-corrected chi connectivity index (χ4v) is 4.43. The van der Waals surface area contributed by atoms with Crippen LogP contribution in [0.2, 0.25) is 0 Å². The third-order valence-corrected chi connectivity index (χ3v) is 6.30. The van der Waals surface area contributed by atoms with Gasteiger partial charge in [-0.05, 0) is 49.4 Å². The summed E-state index contributed by atoms with van der Waals surface area (Å²) in [5, 5.41) is 0.127. The van der Waals surface area contributed by atoms with Gasteiger partial charge in [-0.3, -0.25) is 14.0 Å². The topological polar surface area (TPSA) is 136 Å². The van der Waals surface area contributed by atoms with Crippen LogP contribution in [0.25, 0.3) is 16.7 Å². The molecule has 0 spiro atoms. The predicted molar refractivity (Wildman–Crippen MR) is 147 cm³/mol. The van der Waals surface area contributed by atoms with Gasteiger partial charge in [0.2, 0.25) is 5.75 Å². The van der Waals surface area contributed by atoms with Crippen LogP contribution in [-0.2, 0) is 11.3 Å². The molecule has 41 heavy (non-hydrogen) atoms. The highest BCUT2D eigenvalue weighted by atomic mass is 16.5. The monoisotopic (exact) mass is 558 g/mol. The van der Waals surface area contributed by atoms with Crippen LogP contribution in [-0.4, -0.2) is 53.8 Å². The molecule has 12 nitrogen and oxygen atoms in total. The number of benzene rings is 1. The molecule has 0 N–H and O–H groups in total. The molecule has 12 heteroatoms. The van der Waals surface area contributed by atoms with Gasteiger partial charge < -0.3 is 27.9 Å². The van der Waals surface area contributed by atoms with Crippen LogP contribution in [0.15, 0.2) is 75.2 Å². The van der Waals surface area contributed by atoms with E-state index in [0.717, 1.165) is 0 Å². The molecule has 0 atom stereocenters. The zero-order valence-electron chi connectivity index (χ0n) is 22.7. The number of methoxy groups -OCH3 is 3. The van der Waals surface area contributed by atoms with Crippen molar-refractivity contribution in [3.8, 4) is 17.2 Å². The first-order chi connectivity index (χ1) is 19.9. The van der Waals surface area contributed by atoms with Crippen molar-refractivity contribution in [3.05, 3.63) is 93.7 Å². The van der Waals surface area contributed by atoms with Gasteiger partial charge in [-0.2, -0.15) is 4.99 Å². The lowest BCUT2D eigenvalue weighted by atomic mass is 10.1. The number of amides is 1. The molecule has 210 valence electrons. The summed E-state index contributed by atoms with van der Waals surface area (Å²) in [7, 11) is 4.30. The number of pyridine rings is 2. The Bertz CT molecular complexity index is 1880. The predicted octanol–water partition coefficient (Wildman–Crippen LogP) is 3.23. The summed E-state index contributed by atoms with van der Waals surface area (Å²) in [5.74, 6) is -0.215. The summed E-state index contributed by atoms with van der Waals surface area (Å²) >= 11 is 0. The first kappa shape index (κ1) is 27.2. The number of aromatic nitrogens is 3. The molecule has 0 bridgehead atoms. The highest BCUT2D eigenvalue weighted by molar-refractivity contribution is 5.98. The standard InChI is InChI=1S/C29H26N4O8/c1-5-40-29(36)20-15-19-25(30-23-10-6-7-11-32(23)28(19)35)33(16-18-9-8-12-41-18)26(20)31-27(34)17-13-21(37-2)24(39-4)22(14-17)38-3/h6-15H,5,16H2,1-4H3. The summed E-state index contributed by atoms with van der Waals surface area (Å²) in [4.78, 5) is 49.5. The Morgan fingerprint density at radius 3 is 2.39 bits per heavy atom. The Morgan fingerprint density at radius 2 is 1.76 bits per heavy atom. The Labute approximate surface area is 233 Å². The number of ether oxygens (including phenoxy) is 4. The molecule has 0 aliphatic heterocycles. The van der Waals surface area contributed by atoms with Crippen molar-refractivity contribution < 1.29 is 33.0 Å². The fraction of sp³-hybridized carbons (Fsp3) is 0.207. The van der Waals surface area contributed by atoms with Gasteiger partial charge in [0.15, 0.2) is 17.0 Å². The smallest absolute Gasteiger partial charge is 0.341 e. The summed E-state index contributed by atoms with van der Waals surface area (Å²) < 4.78 is 29.8. The number of hydrogen-bond acceptors (Lipinski definition) is 9. The van der Waals surface area contributed by atoms with Crippen LogP contribution < -0.4 is 25.3 Å². The number of carbonyl (C=O) groups is 2. The van der Waals surface area contributed by atoms with Crippen LogP contribution in [0.3, 0.4) is 0 Å². The van der Waals surface area contributed by atoms with Crippen molar-refractivity contribution >= 4 is 28.6 Å². The van der Waals surface area contributed by atoms with Gasteiger partial charge in [0.25, 0.3) is 11.5 Å². The molecule has 5 aromatic rings. The number of furan rings is 1. The molecular formula is C29H26N4O8. The van der Waals surface area contributed by atoms with Crippen LogP contribution >= 0.6 is 0 Å². The molecule has 0 fully saturated rings. The van der Waals surface area contributed by atoms with E-state index in [2.05, 4.69) is 9.98 Å². The Balaban J connectivity index is 1.86. The van der Waals surface area contributed by atoms with Gasteiger partial charge in [0.05, 0.1) is 46.1 Å². The molecule has 0 unspecified atom stereocenters. The lowest BCUT2D eigenvalue weighted by Crippen LogP contribution is -2.33. The van der Waals surface area contributed by atoms with Gasteiger partial charge in [-0.15, -0.1) is 0 Å². The molecule has 1 amide bonds.